The van der Waals surface area contributed by atoms with Crippen molar-refractivity contribution in [1.29, 1.82) is 0 Å². The third kappa shape index (κ3) is 14.2. The molecule has 282 valence electrons. The normalized spacial score (nSPS) is 29.8. The molecule has 1 aromatic rings. The van der Waals surface area contributed by atoms with Crippen LogP contribution in [0.5, 0.6) is 0 Å². The summed E-state index contributed by atoms with van der Waals surface area (Å²) >= 11 is 9.53. The minimum absolute atomic E-state index is 0.138. The molecule has 0 spiro atoms. The Bertz CT molecular complexity index is 1340. The molecule has 0 radical (unpaired) electrons. The minimum Gasteiger partial charge on any atom is -0.388 e. The molecule has 0 amide bonds. The number of aromatic nitrogens is 1. The van der Waals surface area contributed by atoms with Gasteiger partial charge in [-0.25, -0.2) is 0 Å². The average Bonchev–Trinajstić information content (AvgIpc) is 3.71. The number of fused-ring (bicyclic) bond motifs is 2. The lowest BCUT2D eigenvalue weighted by Gasteiger charge is -2.14. The largest absolute Gasteiger partial charge is 0.524 e. The van der Waals surface area contributed by atoms with Gasteiger partial charge < -0.3 is 34.3 Å². The van der Waals surface area contributed by atoms with Gasteiger partial charge in [-0.1, -0.05) is 6.07 Å². The van der Waals surface area contributed by atoms with E-state index < -0.39 is 78.0 Å². The maximum Gasteiger partial charge on any atom is 0.524 e. The van der Waals surface area contributed by atoms with E-state index in [1.165, 1.54) is 0 Å². The predicted octanol–water partition coefficient (Wildman–Crippen LogP) is 0.201. The van der Waals surface area contributed by atoms with Crippen LogP contribution in [-0.2, 0) is 57.1 Å². The molecule has 3 N–H and O–H groups in total. The van der Waals surface area contributed by atoms with Crippen molar-refractivity contribution in [3.05, 3.63) is 30.6 Å². The van der Waals surface area contributed by atoms with Crippen molar-refractivity contribution >= 4 is 53.6 Å². The fraction of sp³-hybridized carbons (Fsp3) is 0.762. The third-order valence-corrected chi connectivity index (χ3v) is 8.76. The monoisotopic (exact) mass is 815 g/mol. The Balaban J connectivity index is 0.000000322. The van der Waals surface area contributed by atoms with Crippen molar-refractivity contribution in [2.24, 2.45) is 0 Å². The first-order chi connectivity index (χ1) is 21.9. The average molecular weight is 817 g/mol. The van der Waals surface area contributed by atoms with E-state index in [9.17, 15) is 56.7 Å². The van der Waals surface area contributed by atoms with Crippen molar-refractivity contribution in [3.8, 4) is 0 Å². The Morgan fingerprint density at radius 2 is 1.02 bits per heavy atom. The Hall–Kier alpha value is -1.20. The van der Waals surface area contributed by atoms with E-state index in [1.807, 2.05) is 21.8 Å². The smallest absolute Gasteiger partial charge is 0.388 e. The molecular weight excluding hydrogens is 787 g/mol. The van der Waals surface area contributed by atoms with Gasteiger partial charge in [0.15, 0.2) is 0 Å². The molecule has 1 aromatic heterocycles. The van der Waals surface area contributed by atoms with Gasteiger partial charge in [-0.3, -0.25) is 9.17 Å². The second-order valence-electron chi connectivity index (χ2n) is 9.23. The Morgan fingerprint density at radius 1 is 0.688 bits per heavy atom. The zero-order valence-electron chi connectivity index (χ0n) is 24.0. The van der Waals surface area contributed by atoms with E-state index in [2.05, 4.69) is 4.98 Å². The molecule has 5 heterocycles. The second kappa shape index (κ2) is 18.9. The number of ether oxygens (including phenoxy) is 4. The zero-order chi connectivity index (χ0) is 37.1. The number of aliphatic hydroxyl groups is 3. The second-order valence-corrected chi connectivity index (χ2v) is 14.9. The van der Waals surface area contributed by atoms with Crippen LogP contribution in [0.25, 0.3) is 0 Å². The first kappa shape index (κ1) is 44.8. The minimum atomic E-state index is -6.85. The van der Waals surface area contributed by atoms with Gasteiger partial charge in [-0.05, 0) is 12.1 Å². The van der Waals surface area contributed by atoms with E-state index in [4.69, 9.17) is 56.5 Å². The molecule has 5 rings (SSSR count). The van der Waals surface area contributed by atoms with Crippen molar-refractivity contribution in [2.45, 2.75) is 59.8 Å². The van der Waals surface area contributed by atoms with Crippen LogP contribution in [0.4, 0.5) is 26.3 Å². The van der Waals surface area contributed by atoms with E-state index in [0.29, 0.717) is 0 Å². The fourth-order valence-electron chi connectivity index (χ4n) is 3.72. The molecule has 4 saturated heterocycles. The molecule has 4 fully saturated rings. The van der Waals surface area contributed by atoms with Crippen molar-refractivity contribution in [1.82, 2.24) is 4.98 Å². The number of nitrogens with zero attached hydrogens (tertiary/aromatic N) is 1. The summed E-state index contributed by atoms with van der Waals surface area (Å²) in [5.41, 5.74) is -12.5. The highest BCUT2D eigenvalue weighted by Crippen LogP contribution is 2.32. The summed E-state index contributed by atoms with van der Waals surface area (Å²) in [6.07, 6.45) is 0.530. The Morgan fingerprint density at radius 3 is 1.31 bits per heavy atom. The van der Waals surface area contributed by atoms with Gasteiger partial charge in [0.1, 0.15) is 48.8 Å². The standard InChI is InChI=1S/C7H12O6S.C6H10O4.C5H5N.C2F6O5S2.CH2Cl2/c1-14(9,10)13-5-3-12-6-4(8)2-11-7(5)6;7-3-1-9-6-4(8)2-10-5(3)6;1-2-4-6-5-3-1;3-1(4,5)14(9,10)13-15(11,12)2(6,7)8;2-1-3/h4-8H,2-3H2,1H3;3-8H,1-2H2;1-5H;;1H2/t4-,5-,6+,7+;3-,4-,5+,6+;;;/m00.../s1. The van der Waals surface area contributed by atoms with E-state index in [1.54, 1.807) is 12.4 Å². The van der Waals surface area contributed by atoms with Crippen LogP contribution < -0.4 is 0 Å². The summed E-state index contributed by atoms with van der Waals surface area (Å²) in [5, 5.41) is 27.9. The summed E-state index contributed by atoms with van der Waals surface area (Å²) < 4.78 is 157. The lowest BCUT2D eigenvalue weighted by molar-refractivity contribution is -0.0585. The highest BCUT2D eigenvalue weighted by Gasteiger charge is 2.57. The maximum absolute atomic E-state index is 11.4. The zero-order valence-corrected chi connectivity index (χ0v) is 27.9. The molecule has 0 unspecified atom stereocenters. The van der Waals surface area contributed by atoms with Crippen LogP contribution in [0.15, 0.2) is 30.6 Å². The topological polar surface area (TPSA) is 231 Å². The first-order valence-electron chi connectivity index (χ1n) is 12.6. The SMILES string of the molecule is CS(=O)(=O)O[C@H]1CO[C@H]2[C@@H]1OC[C@@H]2O.ClCCl.O=S(=O)(OS(=O)(=O)C(F)(F)F)C(F)(F)F.O[C@H]1CO[C@H]2[C@@H]1OC[C@@H]2O.c1ccncc1. The number of alkyl halides is 8. The summed E-state index contributed by atoms with van der Waals surface area (Å²) in [6, 6.07) is 5.72. The highest BCUT2D eigenvalue weighted by atomic mass is 35.5. The van der Waals surface area contributed by atoms with Gasteiger partial charge in [0, 0.05) is 12.4 Å². The molecule has 16 nitrogen and oxygen atoms in total. The summed E-state index contributed by atoms with van der Waals surface area (Å²) in [7, 11) is -17.2. The molecule has 0 aromatic carbocycles. The summed E-state index contributed by atoms with van der Waals surface area (Å²) in [6.45, 7) is 0.872. The number of aliphatic hydroxyl groups excluding tert-OH is 3. The van der Waals surface area contributed by atoms with Crippen molar-refractivity contribution in [2.75, 3.05) is 38.0 Å². The van der Waals surface area contributed by atoms with Gasteiger partial charge in [-0.15, -0.1) is 26.8 Å². The van der Waals surface area contributed by atoms with E-state index >= 15 is 0 Å². The predicted molar refractivity (Wildman–Crippen MR) is 149 cm³/mol. The lowest BCUT2D eigenvalue weighted by Crippen LogP contribution is -2.34. The quantitative estimate of drug-likeness (QED) is 0.160. The van der Waals surface area contributed by atoms with Crippen LogP contribution >= 0.6 is 23.2 Å². The Kier molecular flexibility index (Phi) is 17.6. The first-order valence-corrected chi connectivity index (χ1v) is 18.3. The Labute approximate surface area is 280 Å². The van der Waals surface area contributed by atoms with E-state index in [0.717, 1.165) is 6.26 Å². The molecule has 48 heavy (non-hydrogen) atoms. The van der Waals surface area contributed by atoms with Gasteiger partial charge in [0.25, 0.3) is 10.1 Å². The number of halogens is 8. The molecule has 4 aliphatic rings. The van der Waals surface area contributed by atoms with Crippen LogP contribution in [0.2, 0.25) is 0 Å². The van der Waals surface area contributed by atoms with Gasteiger partial charge in [0.05, 0.1) is 38.0 Å². The van der Waals surface area contributed by atoms with Crippen LogP contribution in [0.3, 0.4) is 0 Å². The van der Waals surface area contributed by atoms with Crippen LogP contribution in [-0.4, -0.2) is 143 Å². The molecular formula is C21H29Cl2F6NO15S3. The highest BCUT2D eigenvalue weighted by molar-refractivity contribution is 8.00. The molecule has 0 aliphatic carbocycles. The van der Waals surface area contributed by atoms with Crippen molar-refractivity contribution < 1.29 is 93.7 Å². The van der Waals surface area contributed by atoms with Crippen LogP contribution in [0, 0.1) is 0 Å². The van der Waals surface area contributed by atoms with Gasteiger partial charge in [-0.2, -0.15) is 51.6 Å². The number of hydrogen-bond acceptors (Lipinski definition) is 16. The fourth-order valence-corrected chi connectivity index (χ4v) is 5.89. The van der Waals surface area contributed by atoms with Crippen LogP contribution in [0.1, 0.15) is 0 Å². The van der Waals surface area contributed by atoms with Gasteiger partial charge >= 0.3 is 31.3 Å². The molecule has 8 atom stereocenters. The number of pyridine rings is 1. The molecule has 4 aliphatic heterocycles. The van der Waals surface area contributed by atoms with Gasteiger partial charge in [0.2, 0.25) is 0 Å². The summed E-state index contributed by atoms with van der Waals surface area (Å²) in [4.78, 5) is 3.78. The summed E-state index contributed by atoms with van der Waals surface area (Å²) in [5.74, 6) is 0. The maximum atomic E-state index is 11.4. The van der Waals surface area contributed by atoms with E-state index in [-0.39, 0.29) is 44.0 Å². The number of hydrogen-bond donors (Lipinski definition) is 3. The third-order valence-electron chi connectivity index (χ3n) is 5.59. The molecule has 27 heteroatoms. The molecule has 0 saturated carbocycles. The van der Waals surface area contributed by atoms with Crippen molar-refractivity contribution in [3.63, 3.8) is 0 Å². The lowest BCUT2D eigenvalue weighted by atomic mass is 10.1. The molecule has 0 bridgehead atoms. The number of rotatable bonds is 4.